The lowest BCUT2D eigenvalue weighted by molar-refractivity contribution is 0.0550. The molecule has 4 rings (SSSR count). The van der Waals surface area contributed by atoms with Crippen LogP contribution in [0.2, 0.25) is 0 Å². The third kappa shape index (κ3) is 3.89. The number of pyridine rings is 1. The van der Waals surface area contributed by atoms with Crippen molar-refractivity contribution in [3.63, 3.8) is 0 Å². The van der Waals surface area contributed by atoms with Crippen molar-refractivity contribution >= 4 is 16.6 Å². The van der Waals surface area contributed by atoms with E-state index >= 15 is 0 Å². The van der Waals surface area contributed by atoms with Gasteiger partial charge in [-0.25, -0.2) is 0 Å². The Bertz CT molecular complexity index is 918. The third-order valence-corrected chi connectivity index (χ3v) is 5.80. The lowest BCUT2D eigenvalue weighted by Crippen LogP contribution is -2.43. The van der Waals surface area contributed by atoms with Gasteiger partial charge in [-0.2, -0.15) is 0 Å². The first kappa shape index (κ1) is 18.9. The Hall–Kier alpha value is -2.43. The van der Waals surface area contributed by atoms with Crippen LogP contribution in [0.5, 0.6) is 0 Å². The molecule has 146 valence electrons. The summed E-state index contributed by atoms with van der Waals surface area (Å²) >= 11 is 0. The molecule has 4 heteroatoms. The zero-order chi connectivity index (χ0) is 19.4. The minimum atomic E-state index is 0.0910. The highest BCUT2D eigenvalue weighted by Gasteiger charge is 2.34. The van der Waals surface area contributed by atoms with Gasteiger partial charge in [0.2, 0.25) is 0 Å². The van der Waals surface area contributed by atoms with E-state index in [1.54, 1.807) is 0 Å². The molecule has 0 aliphatic carbocycles. The maximum absolute atomic E-state index is 6.29. The van der Waals surface area contributed by atoms with Gasteiger partial charge in [-0.15, -0.1) is 0 Å². The fraction of sp³-hybridized carbons (Fsp3) is 0.375. The zero-order valence-electron chi connectivity index (χ0n) is 16.8. The highest BCUT2D eigenvalue weighted by molar-refractivity contribution is 5.91. The van der Waals surface area contributed by atoms with Gasteiger partial charge in [0.1, 0.15) is 0 Å². The van der Waals surface area contributed by atoms with E-state index in [-0.39, 0.29) is 5.41 Å². The molecular formula is C24H29N3O. The standard InChI is InChI=1S/C24H29N3O/c1-27(2)23-16-20(26-22-11-7-6-10-21(22)23)17-28-18-24(12-14-25-15-13-24)19-8-4-3-5-9-19/h3-11,16,25H,12-15,17-18H2,1-2H3. The van der Waals surface area contributed by atoms with Crippen LogP contribution in [0.3, 0.4) is 0 Å². The molecule has 1 N–H and O–H groups in total. The normalized spacial score (nSPS) is 16.2. The summed E-state index contributed by atoms with van der Waals surface area (Å²) in [5.74, 6) is 0. The van der Waals surface area contributed by atoms with Gasteiger partial charge < -0.3 is 15.0 Å². The number of rotatable bonds is 6. The van der Waals surface area contributed by atoms with Crippen LogP contribution in [0.4, 0.5) is 5.69 Å². The quantitative estimate of drug-likeness (QED) is 0.703. The Kier molecular flexibility index (Phi) is 5.60. The van der Waals surface area contributed by atoms with Gasteiger partial charge in [0.05, 0.1) is 24.4 Å². The smallest absolute Gasteiger partial charge is 0.0889 e. The molecule has 2 heterocycles. The predicted molar refractivity (Wildman–Crippen MR) is 116 cm³/mol. The number of nitrogens with zero attached hydrogens (tertiary/aromatic N) is 2. The summed E-state index contributed by atoms with van der Waals surface area (Å²) in [6.45, 7) is 3.34. The van der Waals surface area contributed by atoms with Gasteiger partial charge in [-0.05, 0) is 43.6 Å². The topological polar surface area (TPSA) is 37.4 Å². The number of piperidine rings is 1. The molecule has 0 bridgehead atoms. The summed E-state index contributed by atoms with van der Waals surface area (Å²) in [6, 6.07) is 21.3. The van der Waals surface area contributed by atoms with Crippen molar-refractivity contribution in [2.24, 2.45) is 0 Å². The zero-order valence-corrected chi connectivity index (χ0v) is 16.8. The average Bonchev–Trinajstić information content (AvgIpc) is 2.74. The van der Waals surface area contributed by atoms with Gasteiger partial charge in [-0.3, -0.25) is 4.98 Å². The molecule has 4 nitrogen and oxygen atoms in total. The fourth-order valence-electron chi connectivity index (χ4n) is 4.22. The van der Waals surface area contributed by atoms with Crippen molar-refractivity contribution in [1.29, 1.82) is 0 Å². The molecule has 0 amide bonds. The van der Waals surface area contributed by atoms with Crippen molar-refractivity contribution in [2.75, 3.05) is 38.7 Å². The molecule has 1 saturated heterocycles. The van der Waals surface area contributed by atoms with Crippen LogP contribution in [-0.4, -0.2) is 38.8 Å². The van der Waals surface area contributed by atoms with E-state index in [9.17, 15) is 0 Å². The summed E-state index contributed by atoms with van der Waals surface area (Å²) in [5.41, 5.74) is 4.67. The lowest BCUT2D eigenvalue weighted by atomic mass is 9.74. The Labute approximate surface area is 167 Å². The number of aromatic nitrogens is 1. The number of anilines is 1. The van der Waals surface area contributed by atoms with Crippen LogP contribution in [0.1, 0.15) is 24.1 Å². The van der Waals surface area contributed by atoms with E-state index in [2.05, 4.69) is 78.9 Å². The molecule has 0 radical (unpaired) electrons. The van der Waals surface area contributed by atoms with E-state index in [1.165, 1.54) is 16.6 Å². The number of nitrogens with one attached hydrogen (secondary N) is 1. The molecule has 1 aliphatic rings. The second-order valence-electron chi connectivity index (χ2n) is 7.93. The summed E-state index contributed by atoms with van der Waals surface area (Å²) in [7, 11) is 4.15. The minimum absolute atomic E-state index is 0.0910. The van der Waals surface area contributed by atoms with E-state index in [4.69, 9.17) is 9.72 Å². The SMILES string of the molecule is CN(C)c1cc(COCC2(c3ccccc3)CCNCC2)nc2ccccc12. The molecule has 28 heavy (non-hydrogen) atoms. The second-order valence-corrected chi connectivity index (χ2v) is 7.93. The average molecular weight is 376 g/mol. The minimum Gasteiger partial charge on any atom is -0.377 e. The molecule has 1 aromatic heterocycles. The molecule has 0 atom stereocenters. The Morgan fingerprint density at radius 3 is 2.46 bits per heavy atom. The van der Waals surface area contributed by atoms with Crippen LogP contribution in [0.15, 0.2) is 60.7 Å². The van der Waals surface area contributed by atoms with E-state index in [0.717, 1.165) is 43.7 Å². The van der Waals surface area contributed by atoms with E-state index < -0.39 is 0 Å². The van der Waals surface area contributed by atoms with Crippen molar-refractivity contribution in [3.8, 4) is 0 Å². The summed E-state index contributed by atoms with van der Waals surface area (Å²) in [5, 5.41) is 4.66. The van der Waals surface area contributed by atoms with E-state index in [1.807, 2.05) is 6.07 Å². The van der Waals surface area contributed by atoms with Crippen molar-refractivity contribution in [3.05, 3.63) is 71.9 Å². The monoisotopic (exact) mass is 375 g/mol. The maximum atomic E-state index is 6.29. The number of hydrogen-bond acceptors (Lipinski definition) is 4. The lowest BCUT2D eigenvalue weighted by Gasteiger charge is -2.38. The Morgan fingerprint density at radius 2 is 1.71 bits per heavy atom. The number of para-hydroxylation sites is 1. The largest absolute Gasteiger partial charge is 0.377 e. The van der Waals surface area contributed by atoms with Gasteiger partial charge in [-0.1, -0.05) is 48.5 Å². The number of hydrogen-bond donors (Lipinski definition) is 1. The summed E-state index contributed by atoms with van der Waals surface area (Å²) < 4.78 is 6.29. The third-order valence-electron chi connectivity index (χ3n) is 5.80. The number of ether oxygens (including phenoxy) is 1. The highest BCUT2D eigenvalue weighted by atomic mass is 16.5. The van der Waals surface area contributed by atoms with Crippen molar-refractivity contribution in [2.45, 2.75) is 24.9 Å². The van der Waals surface area contributed by atoms with Crippen LogP contribution in [-0.2, 0) is 16.8 Å². The van der Waals surface area contributed by atoms with Crippen LogP contribution >= 0.6 is 0 Å². The second kappa shape index (κ2) is 8.29. The fourth-order valence-corrected chi connectivity index (χ4v) is 4.22. The van der Waals surface area contributed by atoms with E-state index in [0.29, 0.717) is 6.61 Å². The Balaban J connectivity index is 1.54. The first-order valence-corrected chi connectivity index (χ1v) is 10.1. The molecule has 0 saturated carbocycles. The molecule has 1 aliphatic heterocycles. The van der Waals surface area contributed by atoms with Crippen LogP contribution in [0.25, 0.3) is 10.9 Å². The van der Waals surface area contributed by atoms with Gasteiger partial charge in [0, 0.05) is 30.6 Å². The molecule has 2 aromatic carbocycles. The van der Waals surface area contributed by atoms with Crippen molar-refractivity contribution < 1.29 is 4.74 Å². The summed E-state index contributed by atoms with van der Waals surface area (Å²) in [6.07, 6.45) is 2.20. The maximum Gasteiger partial charge on any atom is 0.0889 e. The van der Waals surface area contributed by atoms with Crippen LogP contribution < -0.4 is 10.2 Å². The van der Waals surface area contributed by atoms with Gasteiger partial charge in [0.25, 0.3) is 0 Å². The van der Waals surface area contributed by atoms with Gasteiger partial charge in [0.15, 0.2) is 0 Å². The first-order valence-electron chi connectivity index (χ1n) is 10.1. The molecule has 0 spiro atoms. The Morgan fingerprint density at radius 1 is 1.00 bits per heavy atom. The number of fused-ring (bicyclic) bond motifs is 1. The number of benzene rings is 2. The van der Waals surface area contributed by atoms with Crippen LogP contribution in [0, 0.1) is 0 Å². The molecular weight excluding hydrogens is 346 g/mol. The van der Waals surface area contributed by atoms with Crippen molar-refractivity contribution in [1.82, 2.24) is 10.3 Å². The molecule has 1 fully saturated rings. The first-order chi connectivity index (χ1) is 13.7. The molecule has 0 unspecified atom stereocenters. The van der Waals surface area contributed by atoms with Gasteiger partial charge >= 0.3 is 0 Å². The predicted octanol–water partition coefficient (Wildman–Crippen LogP) is 4.14. The highest BCUT2D eigenvalue weighted by Crippen LogP contribution is 2.34. The molecule has 3 aromatic rings. The summed E-state index contributed by atoms with van der Waals surface area (Å²) in [4.78, 5) is 6.98.